The third kappa shape index (κ3) is 6.21. The van der Waals surface area contributed by atoms with Gasteiger partial charge >= 0.3 is 0 Å². The van der Waals surface area contributed by atoms with Crippen molar-refractivity contribution >= 4 is 43.0 Å². The Morgan fingerprint density at radius 3 is 1.89 bits per heavy atom. The van der Waals surface area contributed by atoms with Crippen LogP contribution in [0.2, 0.25) is 0 Å². The number of carbonyl (C=O) groups is 1. The Morgan fingerprint density at radius 2 is 1.29 bits per heavy atom. The van der Waals surface area contributed by atoms with Crippen molar-refractivity contribution in [3.63, 3.8) is 0 Å². The summed E-state index contributed by atoms with van der Waals surface area (Å²) < 4.78 is 55.9. The van der Waals surface area contributed by atoms with Gasteiger partial charge in [-0.15, -0.1) is 0 Å². The second-order valence-corrected chi connectivity index (χ2v) is 12.2. The first-order valence-electron chi connectivity index (χ1n) is 11.7. The van der Waals surface area contributed by atoms with Crippen LogP contribution in [0, 0.1) is 13.8 Å². The van der Waals surface area contributed by atoms with Gasteiger partial charge in [0, 0.05) is 11.4 Å². The van der Waals surface area contributed by atoms with Crippen molar-refractivity contribution in [2.45, 2.75) is 23.6 Å². The summed E-state index contributed by atoms with van der Waals surface area (Å²) in [5.74, 6) is -0.583. The lowest BCUT2D eigenvalue weighted by molar-refractivity contribution is -0.114. The zero-order valence-electron chi connectivity index (χ0n) is 20.8. The van der Waals surface area contributed by atoms with Gasteiger partial charge in [-0.25, -0.2) is 16.8 Å². The number of benzene rings is 4. The molecule has 4 aromatic rings. The number of anilines is 3. The van der Waals surface area contributed by atoms with Gasteiger partial charge in [0.25, 0.3) is 20.0 Å². The molecule has 4 aromatic carbocycles. The Labute approximate surface area is 223 Å². The second-order valence-electron chi connectivity index (χ2n) is 8.64. The molecule has 8 nitrogen and oxygen atoms in total. The molecule has 0 spiro atoms. The molecule has 0 aromatic heterocycles. The van der Waals surface area contributed by atoms with Crippen LogP contribution in [-0.2, 0) is 24.8 Å². The van der Waals surface area contributed by atoms with Gasteiger partial charge in [0.2, 0.25) is 5.91 Å². The Kier molecular flexibility index (Phi) is 7.84. The minimum atomic E-state index is -4.04. The van der Waals surface area contributed by atoms with Gasteiger partial charge in [0.05, 0.1) is 15.5 Å². The van der Waals surface area contributed by atoms with Crippen molar-refractivity contribution in [1.82, 2.24) is 0 Å². The minimum absolute atomic E-state index is 0.0164. The molecule has 0 aliphatic carbocycles. The first-order chi connectivity index (χ1) is 18.1. The number of nitrogens with zero attached hydrogens (tertiary/aromatic N) is 1. The predicted molar refractivity (Wildman–Crippen MR) is 149 cm³/mol. The maximum atomic E-state index is 13.5. The third-order valence-corrected chi connectivity index (χ3v) is 9.06. The van der Waals surface area contributed by atoms with Crippen molar-refractivity contribution in [2.75, 3.05) is 20.9 Å². The SMILES string of the molecule is Cc1ccc(N(CC(=O)Nc2ccc(S(=O)(=O)Nc3ccccc3)cc2)S(=O)(=O)c2ccccc2)cc1C. The summed E-state index contributed by atoms with van der Waals surface area (Å²) in [5, 5.41) is 2.66. The van der Waals surface area contributed by atoms with E-state index in [1.54, 1.807) is 66.7 Å². The van der Waals surface area contributed by atoms with E-state index in [2.05, 4.69) is 10.0 Å². The molecule has 0 fully saturated rings. The van der Waals surface area contributed by atoms with Crippen LogP contribution in [0.5, 0.6) is 0 Å². The summed E-state index contributed by atoms with van der Waals surface area (Å²) in [4.78, 5) is 13.1. The van der Waals surface area contributed by atoms with E-state index in [-0.39, 0.29) is 9.79 Å². The van der Waals surface area contributed by atoms with Crippen LogP contribution < -0.4 is 14.3 Å². The van der Waals surface area contributed by atoms with Gasteiger partial charge < -0.3 is 5.32 Å². The van der Waals surface area contributed by atoms with Crippen LogP contribution in [0.15, 0.2) is 113 Å². The molecule has 0 saturated carbocycles. The predicted octanol–water partition coefficient (Wildman–Crippen LogP) is 4.94. The molecule has 0 saturated heterocycles. The summed E-state index contributed by atoms with van der Waals surface area (Å²) in [7, 11) is -7.86. The lowest BCUT2D eigenvalue weighted by Crippen LogP contribution is -2.38. The number of hydrogen-bond donors (Lipinski definition) is 2. The summed E-state index contributed by atoms with van der Waals surface area (Å²) >= 11 is 0. The second kappa shape index (κ2) is 11.1. The molecule has 0 bridgehead atoms. The largest absolute Gasteiger partial charge is 0.325 e. The Hall–Kier alpha value is -4.15. The maximum absolute atomic E-state index is 13.5. The van der Waals surface area contributed by atoms with Crippen LogP contribution in [-0.4, -0.2) is 29.3 Å². The quantitative estimate of drug-likeness (QED) is 0.307. The van der Waals surface area contributed by atoms with Gasteiger partial charge in [0.1, 0.15) is 6.54 Å². The molecule has 2 N–H and O–H groups in total. The van der Waals surface area contributed by atoms with Crippen molar-refractivity contribution in [3.8, 4) is 0 Å². The van der Waals surface area contributed by atoms with Crippen LogP contribution >= 0.6 is 0 Å². The molecule has 0 aliphatic rings. The topological polar surface area (TPSA) is 113 Å². The highest BCUT2D eigenvalue weighted by Crippen LogP contribution is 2.26. The number of sulfonamides is 2. The third-order valence-electron chi connectivity index (χ3n) is 5.87. The molecule has 0 heterocycles. The van der Waals surface area contributed by atoms with Crippen molar-refractivity contribution in [1.29, 1.82) is 0 Å². The average molecular weight is 550 g/mol. The summed E-state index contributed by atoms with van der Waals surface area (Å²) in [5.41, 5.74) is 2.99. The van der Waals surface area contributed by atoms with Crippen LogP contribution in [0.3, 0.4) is 0 Å². The molecular formula is C28H27N3O5S2. The molecule has 0 unspecified atom stereocenters. The number of aryl methyl sites for hydroxylation is 2. The molecular weight excluding hydrogens is 522 g/mol. The highest BCUT2D eigenvalue weighted by molar-refractivity contribution is 7.93. The van der Waals surface area contributed by atoms with E-state index in [4.69, 9.17) is 0 Å². The molecule has 1 amide bonds. The number of carbonyl (C=O) groups excluding carboxylic acids is 1. The highest BCUT2D eigenvalue weighted by atomic mass is 32.2. The van der Waals surface area contributed by atoms with E-state index in [9.17, 15) is 21.6 Å². The standard InChI is InChI=1S/C28H27N3O5S2/c1-21-13-16-25(19-22(21)2)31(38(35,36)27-11-7-4-8-12-27)20-28(32)29-23-14-17-26(18-15-23)37(33,34)30-24-9-5-3-6-10-24/h3-19,30H,20H2,1-2H3,(H,29,32). The van der Waals surface area contributed by atoms with Crippen LogP contribution in [0.25, 0.3) is 0 Å². The van der Waals surface area contributed by atoms with Gasteiger partial charge in [0.15, 0.2) is 0 Å². The van der Waals surface area contributed by atoms with E-state index in [1.165, 1.54) is 36.4 Å². The molecule has 38 heavy (non-hydrogen) atoms. The van der Waals surface area contributed by atoms with Crippen molar-refractivity contribution in [2.24, 2.45) is 0 Å². The van der Waals surface area contributed by atoms with Crippen LogP contribution in [0.1, 0.15) is 11.1 Å². The number of rotatable bonds is 9. The molecule has 0 radical (unpaired) electrons. The lowest BCUT2D eigenvalue weighted by Gasteiger charge is -2.25. The van der Waals surface area contributed by atoms with Gasteiger partial charge in [-0.05, 0) is 85.6 Å². The zero-order chi connectivity index (χ0) is 27.3. The number of amides is 1. The highest BCUT2D eigenvalue weighted by Gasteiger charge is 2.27. The zero-order valence-corrected chi connectivity index (χ0v) is 22.5. The molecule has 4 rings (SSSR count). The normalized spacial score (nSPS) is 11.5. The van der Waals surface area contributed by atoms with Crippen molar-refractivity contribution in [3.05, 3.63) is 114 Å². The summed E-state index contributed by atoms with van der Waals surface area (Å²) in [6.07, 6.45) is 0. The van der Waals surface area contributed by atoms with E-state index < -0.39 is 32.5 Å². The smallest absolute Gasteiger partial charge is 0.264 e. The van der Waals surface area contributed by atoms with Gasteiger partial charge in [-0.3, -0.25) is 13.8 Å². The first-order valence-corrected chi connectivity index (χ1v) is 14.6. The van der Waals surface area contributed by atoms with Crippen LogP contribution in [0.4, 0.5) is 17.1 Å². The molecule has 196 valence electrons. The fraction of sp³-hybridized carbons (Fsp3) is 0.107. The van der Waals surface area contributed by atoms with E-state index in [0.29, 0.717) is 17.1 Å². The Bertz CT molecular complexity index is 1640. The monoisotopic (exact) mass is 549 g/mol. The number of nitrogens with one attached hydrogen (secondary N) is 2. The summed E-state index contributed by atoms with van der Waals surface area (Å²) in [6, 6.07) is 27.2. The van der Waals surface area contributed by atoms with E-state index >= 15 is 0 Å². The Morgan fingerprint density at radius 1 is 0.684 bits per heavy atom. The fourth-order valence-corrected chi connectivity index (χ4v) is 6.18. The average Bonchev–Trinajstić information content (AvgIpc) is 2.90. The minimum Gasteiger partial charge on any atom is -0.325 e. The number of para-hydroxylation sites is 1. The van der Waals surface area contributed by atoms with E-state index in [1.807, 2.05) is 13.8 Å². The van der Waals surface area contributed by atoms with Gasteiger partial charge in [-0.1, -0.05) is 42.5 Å². The summed E-state index contributed by atoms with van der Waals surface area (Å²) in [6.45, 7) is 3.31. The lowest BCUT2D eigenvalue weighted by atomic mass is 10.1. The molecule has 0 aliphatic heterocycles. The molecule has 0 atom stereocenters. The van der Waals surface area contributed by atoms with Gasteiger partial charge in [-0.2, -0.15) is 0 Å². The fourth-order valence-electron chi connectivity index (χ4n) is 3.68. The number of hydrogen-bond acceptors (Lipinski definition) is 5. The maximum Gasteiger partial charge on any atom is 0.264 e. The van der Waals surface area contributed by atoms with Crippen molar-refractivity contribution < 1.29 is 21.6 Å². The first kappa shape index (κ1) is 26.9. The molecule has 10 heteroatoms. The Balaban J connectivity index is 1.54. The van der Waals surface area contributed by atoms with E-state index in [0.717, 1.165) is 15.4 Å².